The summed E-state index contributed by atoms with van der Waals surface area (Å²) in [4.78, 5) is 12.1. The Morgan fingerprint density at radius 1 is 1.05 bits per heavy atom. The molecule has 0 radical (unpaired) electrons. The van der Waals surface area contributed by atoms with Crippen LogP contribution in [0.1, 0.15) is 31.4 Å². The second kappa shape index (κ2) is 6.77. The minimum absolute atomic E-state index is 0.0544. The van der Waals surface area contributed by atoms with Crippen LogP contribution in [0, 0.1) is 0 Å². The molecule has 0 heterocycles. The highest BCUT2D eigenvalue weighted by Gasteiger charge is 2.22. The summed E-state index contributed by atoms with van der Waals surface area (Å²) in [6.07, 6.45) is 1.24. The number of halogens is 1. The minimum Gasteiger partial charge on any atom is -0.347 e. The molecule has 21 heavy (non-hydrogen) atoms. The molecular weight excluding hydrogens is 282 g/mol. The maximum atomic E-state index is 12.1. The molecule has 0 saturated carbocycles. The molecule has 0 unspecified atom stereocenters. The van der Waals surface area contributed by atoms with Crippen LogP contribution in [0.2, 0.25) is 5.02 Å². The molecule has 0 saturated heterocycles. The van der Waals surface area contributed by atoms with Crippen molar-refractivity contribution in [2.75, 3.05) is 0 Å². The van der Waals surface area contributed by atoms with Crippen molar-refractivity contribution in [3.63, 3.8) is 0 Å². The number of amides is 1. The van der Waals surface area contributed by atoms with E-state index in [1.54, 1.807) is 0 Å². The van der Waals surface area contributed by atoms with Crippen LogP contribution in [0.5, 0.6) is 0 Å². The smallest absolute Gasteiger partial charge is 0.221 e. The maximum Gasteiger partial charge on any atom is 0.221 e. The Hall–Kier alpha value is -1.80. The van der Waals surface area contributed by atoms with Crippen LogP contribution in [0.15, 0.2) is 54.6 Å². The van der Waals surface area contributed by atoms with E-state index in [0.717, 1.165) is 12.0 Å². The van der Waals surface area contributed by atoms with Gasteiger partial charge >= 0.3 is 0 Å². The number of benzene rings is 2. The van der Waals surface area contributed by atoms with Crippen LogP contribution >= 0.6 is 11.6 Å². The van der Waals surface area contributed by atoms with Crippen molar-refractivity contribution in [1.82, 2.24) is 5.32 Å². The third-order valence-corrected chi connectivity index (χ3v) is 3.75. The molecule has 0 aliphatic carbocycles. The molecule has 3 heteroatoms. The summed E-state index contributed by atoms with van der Waals surface area (Å²) in [5.74, 6) is 0.0544. The number of carbonyl (C=O) groups excluding carboxylic acids is 1. The van der Waals surface area contributed by atoms with Gasteiger partial charge < -0.3 is 5.32 Å². The first-order chi connectivity index (χ1) is 9.97. The molecule has 0 atom stereocenters. The lowest BCUT2D eigenvalue weighted by molar-refractivity contribution is -0.122. The van der Waals surface area contributed by atoms with E-state index in [1.165, 1.54) is 5.56 Å². The summed E-state index contributed by atoms with van der Waals surface area (Å²) in [6.45, 7) is 3.99. The fourth-order valence-electron chi connectivity index (χ4n) is 2.25. The first-order valence-corrected chi connectivity index (χ1v) is 7.46. The molecule has 0 spiro atoms. The lowest BCUT2D eigenvalue weighted by atomic mass is 9.94. The molecule has 0 fully saturated rings. The second-order valence-electron chi connectivity index (χ2n) is 5.67. The minimum atomic E-state index is -0.404. The highest BCUT2D eigenvalue weighted by molar-refractivity contribution is 6.30. The summed E-state index contributed by atoms with van der Waals surface area (Å²) in [6, 6.07) is 17.6. The fourth-order valence-corrected chi connectivity index (χ4v) is 2.38. The molecule has 1 N–H and O–H groups in total. The van der Waals surface area contributed by atoms with Crippen molar-refractivity contribution >= 4 is 17.5 Å². The Labute approximate surface area is 131 Å². The molecular formula is C18H20ClNO. The summed E-state index contributed by atoms with van der Waals surface area (Å²) in [7, 11) is 0. The quantitative estimate of drug-likeness (QED) is 0.875. The Morgan fingerprint density at radius 2 is 1.67 bits per heavy atom. The molecule has 2 nitrogen and oxygen atoms in total. The standard InChI is InChI=1S/C18H20ClNO/c1-18(2,15-9-11-16(19)12-10-15)20-17(21)13-8-14-6-4-3-5-7-14/h3-7,9-12H,8,13H2,1-2H3,(H,20,21). The predicted molar refractivity (Wildman–Crippen MR) is 87.4 cm³/mol. The third-order valence-electron chi connectivity index (χ3n) is 3.50. The average Bonchev–Trinajstić information content (AvgIpc) is 2.46. The molecule has 0 aliphatic heterocycles. The van der Waals surface area contributed by atoms with Crippen LogP contribution in [-0.4, -0.2) is 5.91 Å². The van der Waals surface area contributed by atoms with Crippen LogP contribution in [-0.2, 0) is 16.8 Å². The highest BCUT2D eigenvalue weighted by atomic mass is 35.5. The van der Waals surface area contributed by atoms with E-state index in [0.29, 0.717) is 11.4 Å². The van der Waals surface area contributed by atoms with Gasteiger partial charge in [0.2, 0.25) is 5.91 Å². The second-order valence-corrected chi connectivity index (χ2v) is 6.10. The first kappa shape index (κ1) is 15.6. The number of hydrogen-bond acceptors (Lipinski definition) is 1. The molecule has 2 rings (SSSR count). The van der Waals surface area contributed by atoms with Gasteiger partial charge in [-0.15, -0.1) is 0 Å². The van der Waals surface area contributed by atoms with Gasteiger partial charge in [-0.05, 0) is 43.5 Å². The molecule has 1 amide bonds. The van der Waals surface area contributed by atoms with Crippen LogP contribution in [0.4, 0.5) is 0 Å². The molecule has 2 aromatic rings. The third kappa shape index (κ3) is 4.61. The SMILES string of the molecule is CC(C)(NC(=O)CCc1ccccc1)c1ccc(Cl)cc1. The lowest BCUT2D eigenvalue weighted by Gasteiger charge is -2.27. The van der Waals surface area contributed by atoms with Gasteiger partial charge in [0.1, 0.15) is 0 Å². The molecule has 0 aromatic heterocycles. The Balaban J connectivity index is 1.93. The predicted octanol–water partition coefficient (Wildman–Crippen LogP) is 4.32. The summed E-state index contributed by atoms with van der Waals surface area (Å²) >= 11 is 5.90. The normalized spacial score (nSPS) is 11.2. The number of hydrogen-bond donors (Lipinski definition) is 1. The van der Waals surface area contributed by atoms with Gasteiger partial charge in [0, 0.05) is 11.4 Å². The molecule has 2 aromatic carbocycles. The van der Waals surface area contributed by atoms with Gasteiger partial charge in [0.25, 0.3) is 0 Å². The zero-order valence-electron chi connectivity index (χ0n) is 12.4. The number of nitrogens with one attached hydrogen (secondary N) is 1. The van der Waals surface area contributed by atoms with E-state index in [-0.39, 0.29) is 5.91 Å². The molecule has 0 aliphatic rings. The van der Waals surface area contributed by atoms with Gasteiger partial charge in [-0.3, -0.25) is 4.79 Å². The monoisotopic (exact) mass is 301 g/mol. The van der Waals surface area contributed by atoms with E-state index in [9.17, 15) is 4.79 Å². The van der Waals surface area contributed by atoms with Crippen molar-refractivity contribution in [2.24, 2.45) is 0 Å². The van der Waals surface area contributed by atoms with Crippen molar-refractivity contribution in [3.8, 4) is 0 Å². The number of aryl methyl sites for hydroxylation is 1. The Bertz CT molecular complexity index is 590. The summed E-state index contributed by atoms with van der Waals surface area (Å²) < 4.78 is 0. The average molecular weight is 302 g/mol. The van der Waals surface area contributed by atoms with E-state index < -0.39 is 5.54 Å². The van der Waals surface area contributed by atoms with Crippen molar-refractivity contribution < 1.29 is 4.79 Å². The summed E-state index contributed by atoms with van der Waals surface area (Å²) in [5, 5.41) is 3.78. The van der Waals surface area contributed by atoms with E-state index >= 15 is 0 Å². The van der Waals surface area contributed by atoms with Gasteiger partial charge in [0.15, 0.2) is 0 Å². The van der Waals surface area contributed by atoms with Crippen LogP contribution < -0.4 is 5.32 Å². The van der Waals surface area contributed by atoms with Gasteiger partial charge in [-0.1, -0.05) is 54.1 Å². The molecule has 0 bridgehead atoms. The Morgan fingerprint density at radius 3 is 2.29 bits per heavy atom. The van der Waals surface area contributed by atoms with E-state index in [4.69, 9.17) is 11.6 Å². The summed E-state index contributed by atoms with van der Waals surface area (Å²) in [5.41, 5.74) is 1.81. The topological polar surface area (TPSA) is 29.1 Å². The molecule has 110 valence electrons. The number of rotatable bonds is 5. The van der Waals surface area contributed by atoms with Crippen molar-refractivity contribution in [1.29, 1.82) is 0 Å². The first-order valence-electron chi connectivity index (χ1n) is 7.08. The van der Waals surface area contributed by atoms with Crippen molar-refractivity contribution in [2.45, 2.75) is 32.2 Å². The zero-order valence-corrected chi connectivity index (χ0v) is 13.2. The number of carbonyl (C=O) groups is 1. The van der Waals surface area contributed by atoms with Gasteiger partial charge in [-0.2, -0.15) is 0 Å². The van der Waals surface area contributed by atoms with E-state index in [2.05, 4.69) is 5.32 Å². The van der Waals surface area contributed by atoms with Crippen LogP contribution in [0.3, 0.4) is 0 Å². The maximum absolute atomic E-state index is 12.1. The van der Waals surface area contributed by atoms with Gasteiger partial charge in [0.05, 0.1) is 5.54 Å². The van der Waals surface area contributed by atoms with Crippen LogP contribution in [0.25, 0.3) is 0 Å². The highest BCUT2D eigenvalue weighted by Crippen LogP contribution is 2.22. The van der Waals surface area contributed by atoms with E-state index in [1.807, 2.05) is 68.4 Å². The van der Waals surface area contributed by atoms with Crippen molar-refractivity contribution in [3.05, 3.63) is 70.7 Å². The largest absolute Gasteiger partial charge is 0.347 e. The fraction of sp³-hybridized carbons (Fsp3) is 0.278. The zero-order chi connectivity index (χ0) is 15.3. The van der Waals surface area contributed by atoms with Gasteiger partial charge in [-0.25, -0.2) is 0 Å². The lowest BCUT2D eigenvalue weighted by Crippen LogP contribution is -2.41. The Kier molecular flexibility index (Phi) is 5.03.